The average Bonchev–Trinajstić information content (AvgIpc) is 2.99. The third-order valence-corrected chi connectivity index (χ3v) is 3.00. The summed E-state index contributed by atoms with van der Waals surface area (Å²) in [6.07, 6.45) is 5.30. The number of rotatable bonds is 4. The summed E-state index contributed by atoms with van der Waals surface area (Å²) in [5, 5.41) is 0.867. The van der Waals surface area contributed by atoms with Gasteiger partial charge < -0.3 is 19.2 Å². The summed E-state index contributed by atoms with van der Waals surface area (Å²) in [6.45, 7) is 0. The first-order valence-electron chi connectivity index (χ1n) is 6.13. The summed E-state index contributed by atoms with van der Waals surface area (Å²) < 4.78 is 16.4. The quantitative estimate of drug-likeness (QED) is 0.789. The van der Waals surface area contributed by atoms with E-state index in [1.54, 1.807) is 26.6 Å². The highest BCUT2D eigenvalue weighted by Gasteiger charge is 2.11. The van der Waals surface area contributed by atoms with Crippen molar-refractivity contribution in [3.05, 3.63) is 42.9 Å². The van der Waals surface area contributed by atoms with Crippen LogP contribution in [0.4, 0.5) is 0 Å². The van der Waals surface area contributed by atoms with Crippen LogP contribution in [-0.2, 0) is 0 Å². The topological polar surface area (TPSA) is 56.4 Å². The second kappa shape index (κ2) is 5.13. The molecule has 5 nitrogen and oxygen atoms in total. The maximum atomic E-state index is 5.84. The molecule has 1 aromatic carbocycles. The van der Waals surface area contributed by atoms with Crippen LogP contribution in [-0.4, -0.2) is 24.2 Å². The van der Waals surface area contributed by atoms with Crippen LogP contribution in [0.2, 0.25) is 0 Å². The number of hydrogen-bond donors (Lipinski definition) is 1. The highest BCUT2D eigenvalue weighted by molar-refractivity contribution is 5.88. The van der Waals surface area contributed by atoms with Crippen LogP contribution in [0.15, 0.2) is 42.9 Å². The smallest absolute Gasteiger partial charge is 0.162 e. The molecule has 0 fully saturated rings. The number of ether oxygens (including phenoxy) is 3. The molecule has 0 amide bonds. The molecule has 2 aromatic heterocycles. The lowest BCUT2D eigenvalue weighted by molar-refractivity contribution is 0.355. The van der Waals surface area contributed by atoms with Crippen molar-refractivity contribution in [3.8, 4) is 23.0 Å². The van der Waals surface area contributed by atoms with Gasteiger partial charge in [-0.25, -0.2) is 0 Å². The molecule has 0 radical (unpaired) electrons. The Morgan fingerprint density at radius 1 is 1.00 bits per heavy atom. The molecule has 2 heterocycles. The molecule has 0 unspecified atom stereocenters. The lowest BCUT2D eigenvalue weighted by atomic mass is 10.2. The van der Waals surface area contributed by atoms with Crippen molar-refractivity contribution >= 4 is 10.9 Å². The van der Waals surface area contributed by atoms with Gasteiger partial charge >= 0.3 is 0 Å². The third-order valence-electron chi connectivity index (χ3n) is 3.00. The van der Waals surface area contributed by atoms with Gasteiger partial charge in [-0.05, 0) is 18.2 Å². The molecule has 0 atom stereocenters. The summed E-state index contributed by atoms with van der Waals surface area (Å²) in [7, 11) is 3.20. The van der Waals surface area contributed by atoms with Gasteiger partial charge in [0, 0.05) is 30.0 Å². The Balaban J connectivity index is 2.13. The van der Waals surface area contributed by atoms with Gasteiger partial charge in [0.15, 0.2) is 11.5 Å². The molecule has 0 aliphatic heterocycles. The highest BCUT2D eigenvalue weighted by atomic mass is 16.5. The third kappa shape index (κ3) is 2.14. The second-order valence-electron chi connectivity index (χ2n) is 4.18. The van der Waals surface area contributed by atoms with Crippen LogP contribution in [0.1, 0.15) is 0 Å². The van der Waals surface area contributed by atoms with E-state index in [0.717, 1.165) is 22.4 Å². The zero-order chi connectivity index (χ0) is 13.9. The van der Waals surface area contributed by atoms with Crippen molar-refractivity contribution in [1.82, 2.24) is 9.97 Å². The van der Waals surface area contributed by atoms with Gasteiger partial charge in [0.25, 0.3) is 0 Å². The fourth-order valence-electron chi connectivity index (χ4n) is 2.04. The summed E-state index contributed by atoms with van der Waals surface area (Å²) in [5.74, 6) is 2.75. The number of hydrogen-bond acceptors (Lipinski definition) is 4. The summed E-state index contributed by atoms with van der Waals surface area (Å²) >= 11 is 0. The second-order valence-corrected chi connectivity index (χ2v) is 4.18. The fourth-order valence-corrected chi connectivity index (χ4v) is 2.04. The average molecular weight is 270 g/mol. The number of H-pyrrole nitrogens is 1. The lowest BCUT2D eigenvalue weighted by Crippen LogP contribution is -1.93. The number of aromatic amines is 1. The summed E-state index contributed by atoms with van der Waals surface area (Å²) in [4.78, 5) is 7.29. The van der Waals surface area contributed by atoms with Crippen LogP contribution >= 0.6 is 0 Å². The molecule has 102 valence electrons. The minimum Gasteiger partial charge on any atom is -0.493 e. The van der Waals surface area contributed by atoms with Crippen LogP contribution in [0.3, 0.4) is 0 Å². The molecule has 1 N–H and O–H groups in total. The predicted molar refractivity (Wildman–Crippen MR) is 75.7 cm³/mol. The fraction of sp³-hybridized carbons (Fsp3) is 0.133. The Bertz CT molecular complexity index is 723. The Morgan fingerprint density at radius 3 is 2.50 bits per heavy atom. The minimum atomic E-state index is 0.645. The van der Waals surface area contributed by atoms with Gasteiger partial charge in [0.2, 0.25) is 0 Å². The Labute approximate surface area is 116 Å². The summed E-state index contributed by atoms with van der Waals surface area (Å²) in [6, 6.07) is 7.37. The molecular weight excluding hydrogens is 256 g/mol. The molecule has 0 saturated heterocycles. The molecular formula is C15H14N2O3. The molecule has 5 heteroatoms. The lowest BCUT2D eigenvalue weighted by Gasteiger charge is -2.11. The number of nitrogens with zero attached hydrogens (tertiary/aromatic N) is 1. The van der Waals surface area contributed by atoms with Crippen molar-refractivity contribution in [3.63, 3.8) is 0 Å². The van der Waals surface area contributed by atoms with Crippen LogP contribution in [0.5, 0.6) is 23.0 Å². The van der Waals surface area contributed by atoms with Crippen LogP contribution in [0.25, 0.3) is 10.9 Å². The van der Waals surface area contributed by atoms with Crippen molar-refractivity contribution in [2.75, 3.05) is 14.2 Å². The number of methoxy groups -OCH3 is 2. The molecule has 3 aromatic rings. The zero-order valence-electron chi connectivity index (χ0n) is 11.2. The van der Waals surface area contributed by atoms with Crippen molar-refractivity contribution in [2.24, 2.45) is 0 Å². The molecule has 0 aliphatic carbocycles. The number of benzene rings is 1. The van der Waals surface area contributed by atoms with E-state index in [-0.39, 0.29) is 0 Å². The van der Waals surface area contributed by atoms with E-state index in [0.29, 0.717) is 11.5 Å². The molecule has 0 saturated carbocycles. The van der Waals surface area contributed by atoms with E-state index in [1.165, 1.54) is 0 Å². The number of aromatic nitrogens is 2. The molecule has 20 heavy (non-hydrogen) atoms. The van der Waals surface area contributed by atoms with Gasteiger partial charge in [0.1, 0.15) is 11.5 Å². The van der Waals surface area contributed by atoms with Crippen molar-refractivity contribution < 1.29 is 14.2 Å². The first-order valence-corrected chi connectivity index (χ1v) is 6.13. The SMILES string of the molecule is COc1cc2nccc(Oc3cc[nH]c3)c2cc1OC. The van der Waals surface area contributed by atoms with Crippen molar-refractivity contribution in [1.29, 1.82) is 0 Å². The minimum absolute atomic E-state index is 0.645. The van der Waals surface area contributed by atoms with Gasteiger partial charge in [0.05, 0.1) is 19.7 Å². The standard InChI is InChI=1S/C15H14N2O3/c1-18-14-7-11-12(8-15(14)19-2)17-6-4-13(11)20-10-3-5-16-9-10/h3-9,16H,1-2H3. The Morgan fingerprint density at radius 2 is 1.80 bits per heavy atom. The molecule has 0 bridgehead atoms. The van der Waals surface area contributed by atoms with E-state index in [1.807, 2.05) is 30.5 Å². The maximum absolute atomic E-state index is 5.84. The monoisotopic (exact) mass is 270 g/mol. The molecule has 3 rings (SSSR count). The van der Waals surface area contributed by atoms with Gasteiger partial charge in [-0.15, -0.1) is 0 Å². The van der Waals surface area contributed by atoms with E-state index < -0.39 is 0 Å². The van der Waals surface area contributed by atoms with E-state index in [9.17, 15) is 0 Å². The molecule has 0 spiro atoms. The van der Waals surface area contributed by atoms with Crippen LogP contribution in [0, 0.1) is 0 Å². The zero-order valence-corrected chi connectivity index (χ0v) is 11.2. The Kier molecular flexibility index (Phi) is 3.16. The van der Waals surface area contributed by atoms with Gasteiger partial charge in [-0.1, -0.05) is 0 Å². The number of fused-ring (bicyclic) bond motifs is 1. The maximum Gasteiger partial charge on any atom is 0.162 e. The number of nitrogens with one attached hydrogen (secondary N) is 1. The van der Waals surface area contributed by atoms with Gasteiger partial charge in [-0.2, -0.15) is 0 Å². The largest absolute Gasteiger partial charge is 0.493 e. The predicted octanol–water partition coefficient (Wildman–Crippen LogP) is 3.37. The summed E-state index contributed by atoms with van der Waals surface area (Å²) in [5.41, 5.74) is 0.788. The van der Waals surface area contributed by atoms with E-state index >= 15 is 0 Å². The number of pyridine rings is 1. The molecule has 0 aliphatic rings. The van der Waals surface area contributed by atoms with Crippen LogP contribution < -0.4 is 14.2 Å². The normalized spacial score (nSPS) is 10.5. The van der Waals surface area contributed by atoms with E-state index in [4.69, 9.17) is 14.2 Å². The van der Waals surface area contributed by atoms with E-state index in [2.05, 4.69) is 9.97 Å². The first-order chi connectivity index (χ1) is 9.81. The van der Waals surface area contributed by atoms with Crippen molar-refractivity contribution in [2.45, 2.75) is 0 Å². The Hall–Kier alpha value is -2.69. The first kappa shape index (κ1) is 12.3. The highest BCUT2D eigenvalue weighted by Crippen LogP contribution is 2.36. The van der Waals surface area contributed by atoms with Gasteiger partial charge in [-0.3, -0.25) is 4.98 Å².